The Morgan fingerprint density at radius 1 is 0.641 bits per heavy atom. The number of carbonyl (C=O) groups excluding carboxylic acids is 2. The van der Waals surface area contributed by atoms with Gasteiger partial charge in [-0.15, -0.1) is 106 Å². The molecule has 0 spiro atoms. The highest BCUT2D eigenvalue weighted by Crippen LogP contribution is 2.22. The average molecular weight is 777 g/mol. The molecule has 2 N–H and O–H groups in total. The molecule has 0 aromatic heterocycles. The van der Waals surface area contributed by atoms with Crippen LogP contribution in [0.15, 0.2) is 0 Å². The van der Waals surface area contributed by atoms with Gasteiger partial charge in [-0.25, -0.2) is 9.78 Å². The lowest BCUT2D eigenvalue weighted by Crippen LogP contribution is -2.07. The summed E-state index contributed by atoms with van der Waals surface area (Å²) in [5, 5.41) is 22.7. The number of hydrogen-bond acceptors (Lipinski definition) is 19. The van der Waals surface area contributed by atoms with E-state index in [-0.39, 0.29) is 23.0 Å². The second-order valence-electron chi connectivity index (χ2n) is 6.17. The molecule has 39 heavy (non-hydrogen) atoms. The van der Waals surface area contributed by atoms with Gasteiger partial charge in [-0.1, -0.05) is 11.8 Å². The minimum atomic E-state index is -0.868. The van der Waals surface area contributed by atoms with Crippen LogP contribution in [0, 0.1) is 0 Å². The zero-order chi connectivity index (χ0) is 28.7. The Morgan fingerprint density at radius 3 is 2.03 bits per heavy atom. The van der Waals surface area contributed by atoms with E-state index >= 15 is 0 Å². The van der Waals surface area contributed by atoms with Crippen LogP contribution in [-0.2, 0) is 34.9 Å². The van der Waals surface area contributed by atoms with Crippen molar-refractivity contribution < 1.29 is 38.5 Å². The molecule has 20 heteroatoms. The van der Waals surface area contributed by atoms with Crippen molar-refractivity contribution >= 4 is 151 Å². The Morgan fingerprint density at radius 2 is 1.28 bits per heavy atom. The van der Waals surface area contributed by atoms with Gasteiger partial charge < -0.3 is 14.9 Å². The van der Waals surface area contributed by atoms with Gasteiger partial charge in [-0.3, -0.25) is 13.8 Å². The predicted molar refractivity (Wildman–Crippen MR) is 192 cm³/mol. The Hall–Kier alpha value is 2.98. The lowest BCUT2D eigenvalue weighted by Gasteiger charge is -2.05. The first-order valence-electron chi connectivity index (χ1n) is 11.0. The van der Waals surface area contributed by atoms with Gasteiger partial charge in [-0.2, -0.15) is 11.8 Å². The molecule has 0 aromatic rings. The molecule has 0 radical (unpaired) electrons. The number of thioether (sulfide) groups is 11. The van der Waals surface area contributed by atoms with Crippen molar-refractivity contribution in [2.75, 3.05) is 94.7 Å². The molecule has 1 unspecified atom stereocenters. The SMILES string of the molecule is O=C(CSCSCCS(=O)CSCSCSC(=O)CSCSCCOOCSCSCO)OCSCSCO. The highest BCUT2D eigenvalue weighted by molar-refractivity contribution is 8.29. The van der Waals surface area contributed by atoms with E-state index in [0.29, 0.717) is 51.0 Å². The molecule has 0 saturated carbocycles. The number of hydrogen-bond donors (Lipinski definition) is 2. The van der Waals surface area contributed by atoms with Gasteiger partial charge in [0.25, 0.3) is 0 Å². The summed E-state index contributed by atoms with van der Waals surface area (Å²) >= 11 is 16.9. The largest absolute Gasteiger partial charge is 0.454 e. The molecule has 8 nitrogen and oxygen atoms in total. The van der Waals surface area contributed by atoms with Crippen LogP contribution in [0.5, 0.6) is 0 Å². The normalized spacial score (nSPS) is 12.1. The summed E-state index contributed by atoms with van der Waals surface area (Å²) in [6.45, 7) is 0.504. The third kappa shape index (κ3) is 35.3. The molecule has 0 heterocycles. The average Bonchev–Trinajstić information content (AvgIpc) is 2.93. The fourth-order valence-corrected chi connectivity index (χ4v) is 13.4. The van der Waals surface area contributed by atoms with Gasteiger partial charge in [0, 0.05) is 58.6 Å². The third-order valence-corrected chi connectivity index (χ3v) is 17.1. The molecule has 0 aliphatic heterocycles. The molecule has 0 aliphatic rings. The fraction of sp³-hybridized carbons (Fsp3) is 0.895. The van der Waals surface area contributed by atoms with Gasteiger partial charge in [-0.05, 0) is 0 Å². The molecule has 1 atom stereocenters. The lowest BCUT2D eigenvalue weighted by atomic mass is 10.8. The van der Waals surface area contributed by atoms with Crippen LogP contribution in [0.2, 0.25) is 0 Å². The maximum atomic E-state index is 12.1. The Bertz CT molecular complexity index is 597. The topological polar surface area (TPSA) is 119 Å². The first-order chi connectivity index (χ1) is 19.1. The van der Waals surface area contributed by atoms with E-state index in [1.807, 2.05) is 0 Å². The summed E-state index contributed by atoms with van der Waals surface area (Å²) in [6, 6.07) is 0. The molecule has 0 rings (SSSR count). The zero-order valence-electron chi connectivity index (χ0n) is 21.3. The smallest absolute Gasteiger partial charge is 0.316 e. The molecular weight excluding hydrogens is 741 g/mol. The first-order valence-corrected chi connectivity index (χ1v) is 25.0. The van der Waals surface area contributed by atoms with Gasteiger partial charge in [0.2, 0.25) is 0 Å². The molecule has 0 amide bonds. The summed E-state index contributed by atoms with van der Waals surface area (Å²) < 4.78 is 17.2. The lowest BCUT2D eigenvalue weighted by molar-refractivity contribution is -0.274. The maximum Gasteiger partial charge on any atom is 0.316 e. The third-order valence-electron chi connectivity index (χ3n) is 3.26. The van der Waals surface area contributed by atoms with E-state index in [2.05, 4.69) is 0 Å². The van der Waals surface area contributed by atoms with Crippen molar-refractivity contribution in [1.29, 1.82) is 0 Å². The molecule has 0 bridgehead atoms. The second kappa shape index (κ2) is 35.5. The quantitative estimate of drug-likeness (QED) is 0.0310. The second-order valence-corrected chi connectivity index (χ2v) is 21.3. The van der Waals surface area contributed by atoms with Crippen LogP contribution >= 0.6 is 129 Å². The molecule has 232 valence electrons. The van der Waals surface area contributed by atoms with E-state index in [4.69, 9.17) is 24.7 Å². The van der Waals surface area contributed by atoms with Crippen LogP contribution in [0.3, 0.4) is 0 Å². The number of carbonyl (C=O) groups is 2. The highest BCUT2D eigenvalue weighted by atomic mass is 32.3. The minimum Gasteiger partial charge on any atom is -0.454 e. The minimum absolute atomic E-state index is 0.0707. The Kier molecular flexibility index (Phi) is 38.2. The van der Waals surface area contributed by atoms with Gasteiger partial charge in [0.1, 0.15) is 11.9 Å². The van der Waals surface area contributed by atoms with E-state index < -0.39 is 10.8 Å². The number of aliphatic hydroxyl groups is 2. The Labute approximate surface area is 281 Å². The number of esters is 1. The Balaban J connectivity index is 3.34. The van der Waals surface area contributed by atoms with Crippen LogP contribution < -0.4 is 0 Å². The summed E-state index contributed by atoms with van der Waals surface area (Å²) in [5.74, 6) is 3.75. The van der Waals surface area contributed by atoms with E-state index in [1.165, 1.54) is 58.8 Å². The van der Waals surface area contributed by atoms with Gasteiger partial charge >= 0.3 is 5.97 Å². The highest BCUT2D eigenvalue weighted by Gasteiger charge is 2.06. The summed E-state index contributed by atoms with van der Waals surface area (Å²) in [5.41, 5.74) is 0. The fourth-order valence-electron chi connectivity index (χ4n) is 1.69. The van der Waals surface area contributed by atoms with Crippen LogP contribution in [0.4, 0.5) is 0 Å². The molecule has 0 aliphatic carbocycles. The van der Waals surface area contributed by atoms with Crippen molar-refractivity contribution in [3.63, 3.8) is 0 Å². The monoisotopic (exact) mass is 776 g/mol. The summed E-state index contributed by atoms with van der Waals surface area (Å²) in [4.78, 5) is 33.6. The van der Waals surface area contributed by atoms with Crippen molar-refractivity contribution in [2.45, 2.75) is 0 Å². The maximum absolute atomic E-state index is 12.1. The van der Waals surface area contributed by atoms with Crippen molar-refractivity contribution in [3.05, 3.63) is 0 Å². The molecule has 0 saturated heterocycles. The number of ether oxygens (including phenoxy) is 1. The van der Waals surface area contributed by atoms with Crippen LogP contribution in [0.25, 0.3) is 0 Å². The molecule has 0 fully saturated rings. The molecular formula is C19H36O8S12. The van der Waals surface area contributed by atoms with E-state index in [0.717, 1.165) is 31.8 Å². The van der Waals surface area contributed by atoms with Crippen LogP contribution in [0.1, 0.15) is 0 Å². The first kappa shape index (κ1) is 42.0. The zero-order valence-corrected chi connectivity index (χ0v) is 31.1. The number of rotatable bonds is 31. The van der Waals surface area contributed by atoms with Crippen LogP contribution in [-0.4, -0.2) is 120 Å². The van der Waals surface area contributed by atoms with Gasteiger partial charge in [0.15, 0.2) is 5.12 Å². The van der Waals surface area contributed by atoms with Crippen molar-refractivity contribution in [2.24, 2.45) is 0 Å². The van der Waals surface area contributed by atoms with Crippen molar-refractivity contribution in [3.8, 4) is 0 Å². The van der Waals surface area contributed by atoms with E-state index in [9.17, 15) is 13.8 Å². The summed E-state index contributed by atoms with van der Waals surface area (Å²) in [6.07, 6.45) is 0. The molecule has 0 aromatic carbocycles. The number of aliphatic hydroxyl groups excluding tert-OH is 2. The standard InChI is InChI=1S/C19H36O8S12/c20-7-32-13-34-9-25-18(22)5-30-12-29-3-4-39(24)17-37-15-36-16-38-19(23)6-31-11-28-2-1-26-27-10-35-14-33-8-21/h20-21H,1-17H2. The van der Waals surface area contributed by atoms with E-state index in [1.54, 1.807) is 70.6 Å². The van der Waals surface area contributed by atoms with Crippen molar-refractivity contribution in [1.82, 2.24) is 0 Å². The van der Waals surface area contributed by atoms with Gasteiger partial charge in [0.05, 0.1) is 35.1 Å². The summed E-state index contributed by atoms with van der Waals surface area (Å²) in [7, 11) is -0.868. The predicted octanol–water partition coefficient (Wildman–Crippen LogP) is 5.34.